The summed E-state index contributed by atoms with van der Waals surface area (Å²) in [6, 6.07) is 6.41. The summed E-state index contributed by atoms with van der Waals surface area (Å²) in [6.45, 7) is 1.52. The van der Waals surface area contributed by atoms with Crippen LogP contribution in [-0.2, 0) is 14.6 Å². The number of amides is 1. The number of sulfone groups is 1. The Kier molecular flexibility index (Phi) is 5.93. The first-order valence-corrected chi connectivity index (χ1v) is 10.3. The minimum absolute atomic E-state index is 0.0358. The largest absolute Gasteiger partial charge is 0.398 e. The number of para-hydroxylation sites is 1. The molecule has 1 amide bonds. The normalized spacial score (nSPS) is 22.6. The Bertz CT molecular complexity index is 738. The van der Waals surface area contributed by atoms with E-state index in [1.54, 1.807) is 31.2 Å². The lowest BCUT2D eigenvalue weighted by atomic mass is 10.0. The van der Waals surface area contributed by atoms with Gasteiger partial charge in [0, 0.05) is 10.6 Å². The molecule has 0 spiro atoms. The molecule has 2 N–H and O–H groups in total. The van der Waals surface area contributed by atoms with Crippen molar-refractivity contribution in [2.45, 2.75) is 30.0 Å². The summed E-state index contributed by atoms with van der Waals surface area (Å²) in [4.78, 5) is 12.5. The number of anilines is 1. The fourth-order valence-corrected chi connectivity index (χ4v) is 5.45. The van der Waals surface area contributed by atoms with E-state index in [-0.39, 0.29) is 18.1 Å². The highest BCUT2D eigenvalue weighted by Crippen LogP contribution is 2.32. The number of halogens is 3. The minimum atomic E-state index is -4.28. The van der Waals surface area contributed by atoms with Gasteiger partial charge in [-0.05, 0) is 25.5 Å². The zero-order valence-corrected chi connectivity index (χ0v) is 15.2. The number of rotatable bonds is 6. The SMILES string of the molecule is C[C@@]1(NC(=O)CNc2ccccc2SCC(F)(F)F)CCS(=O)(=O)C1. The van der Waals surface area contributed by atoms with E-state index >= 15 is 0 Å². The maximum atomic E-state index is 12.4. The number of alkyl halides is 3. The highest BCUT2D eigenvalue weighted by Gasteiger charge is 2.39. The van der Waals surface area contributed by atoms with Gasteiger partial charge in [0.1, 0.15) is 0 Å². The molecule has 0 saturated carbocycles. The Balaban J connectivity index is 1.92. The van der Waals surface area contributed by atoms with Gasteiger partial charge in [-0.3, -0.25) is 4.79 Å². The molecule has 0 radical (unpaired) electrons. The van der Waals surface area contributed by atoms with Crippen LogP contribution < -0.4 is 10.6 Å². The van der Waals surface area contributed by atoms with Crippen LogP contribution in [0.25, 0.3) is 0 Å². The topological polar surface area (TPSA) is 75.3 Å². The van der Waals surface area contributed by atoms with Crippen LogP contribution in [-0.4, -0.2) is 49.8 Å². The van der Waals surface area contributed by atoms with Crippen LogP contribution in [0.5, 0.6) is 0 Å². The van der Waals surface area contributed by atoms with E-state index in [1.165, 1.54) is 0 Å². The molecule has 1 aromatic carbocycles. The maximum Gasteiger partial charge on any atom is 0.398 e. The van der Waals surface area contributed by atoms with E-state index in [0.717, 1.165) is 0 Å². The summed E-state index contributed by atoms with van der Waals surface area (Å²) in [6.07, 6.45) is -3.93. The Morgan fingerprint density at radius 3 is 2.60 bits per heavy atom. The van der Waals surface area contributed by atoms with Crippen molar-refractivity contribution >= 4 is 33.2 Å². The third-order valence-corrected chi connectivity index (χ3v) is 6.70. The van der Waals surface area contributed by atoms with Crippen LogP contribution >= 0.6 is 11.8 Å². The Morgan fingerprint density at radius 2 is 2.00 bits per heavy atom. The lowest BCUT2D eigenvalue weighted by Gasteiger charge is -2.24. The molecule has 1 fully saturated rings. The van der Waals surface area contributed by atoms with Gasteiger partial charge < -0.3 is 10.6 Å². The van der Waals surface area contributed by atoms with Gasteiger partial charge in [0.2, 0.25) is 5.91 Å². The Hall–Kier alpha value is -1.42. The molecule has 0 bridgehead atoms. The molecule has 5 nitrogen and oxygen atoms in total. The number of carbonyl (C=O) groups excluding carboxylic acids is 1. The molecule has 1 aliphatic rings. The first-order chi connectivity index (χ1) is 11.5. The van der Waals surface area contributed by atoms with Crippen LogP contribution in [0.15, 0.2) is 29.2 Å². The van der Waals surface area contributed by atoms with Gasteiger partial charge in [-0.25, -0.2) is 8.42 Å². The quantitative estimate of drug-likeness (QED) is 0.723. The van der Waals surface area contributed by atoms with Crippen molar-refractivity contribution in [1.29, 1.82) is 0 Å². The number of nitrogens with one attached hydrogen (secondary N) is 2. The Labute approximate surface area is 148 Å². The zero-order chi connectivity index (χ0) is 18.7. The van der Waals surface area contributed by atoms with Crippen molar-refractivity contribution in [3.63, 3.8) is 0 Å². The third-order valence-electron chi connectivity index (χ3n) is 3.66. The van der Waals surface area contributed by atoms with Crippen LogP contribution in [0.4, 0.5) is 18.9 Å². The summed E-state index contributed by atoms with van der Waals surface area (Å²) in [7, 11) is -3.14. The highest BCUT2D eigenvalue weighted by atomic mass is 32.2. The first-order valence-electron chi connectivity index (χ1n) is 7.52. The molecule has 1 saturated heterocycles. The standard InChI is InChI=1S/C15H19F3N2O3S2/c1-14(6-7-25(22,23)10-14)20-13(21)8-19-11-4-2-3-5-12(11)24-9-15(16,17)18/h2-5,19H,6-10H2,1H3,(H,20,21)/t14-/m1/s1. The van der Waals surface area contributed by atoms with Crippen LogP contribution in [0.3, 0.4) is 0 Å². The first kappa shape index (κ1) is 19.9. The van der Waals surface area contributed by atoms with E-state index in [1.807, 2.05) is 0 Å². The molecule has 10 heteroatoms. The number of hydrogen-bond donors (Lipinski definition) is 2. The molecular formula is C15H19F3N2O3S2. The van der Waals surface area contributed by atoms with Crippen molar-refractivity contribution in [3.8, 4) is 0 Å². The van der Waals surface area contributed by atoms with Gasteiger partial charge in [0.05, 0.1) is 29.3 Å². The number of thioether (sulfide) groups is 1. The van der Waals surface area contributed by atoms with E-state index in [4.69, 9.17) is 0 Å². The van der Waals surface area contributed by atoms with E-state index in [9.17, 15) is 26.4 Å². The molecule has 140 valence electrons. The van der Waals surface area contributed by atoms with Gasteiger partial charge in [0.25, 0.3) is 0 Å². The average molecular weight is 396 g/mol. The van der Waals surface area contributed by atoms with Gasteiger partial charge in [0.15, 0.2) is 9.84 Å². The predicted octanol–water partition coefficient (Wildman–Crippen LogP) is 2.45. The number of benzene rings is 1. The van der Waals surface area contributed by atoms with Crippen LogP contribution in [0.2, 0.25) is 0 Å². The highest BCUT2D eigenvalue weighted by molar-refractivity contribution is 7.99. The van der Waals surface area contributed by atoms with Gasteiger partial charge in [-0.15, -0.1) is 11.8 Å². The van der Waals surface area contributed by atoms with Crippen LogP contribution in [0.1, 0.15) is 13.3 Å². The summed E-state index contributed by atoms with van der Waals surface area (Å²) < 4.78 is 60.2. The molecule has 1 aromatic rings. The molecular weight excluding hydrogens is 377 g/mol. The summed E-state index contributed by atoms with van der Waals surface area (Å²) in [5, 5.41) is 5.50. The van der Waals surface area contributed by atoms with Gasteiger partial charge in [-0.1, -0.05) is 12.1 Å². The molecule has 25 heavy (non-hydrogen) atoms. The fraction of sp³-hybridized carbons (Fsp3) is 0.533. The van der Waals surface area contributed by atoms with E-state index in [0.29, 0.717) is 28.8 Å². The smallest absolute Gasteiger partial charge is 0.375 e. The predicted molar refractivity (Wildman–Crippen MR) is 91.5 cm³/mol. The second kappa shape index (κ2) is 7.45. The Morgan fingerprint density at radius 1 is 1.32 bits per heavy atom. The summed E-state index contributed by atoms with van der Waals surface area (Å²) >= 11 is 0.639. The monoisotopic (exact) mass is 396 g/mol. The second-order valence-corrected chi connectivity index (χ2v) is 9.41. The van der Waals surface area contributed by atoms with E-state index in [2.05, 4.69) is 10.6 Å². The van der Waals surface area contributed by atoms with Crippen molar-refractivity contribution in [3.05, 3.63) is 24.3 Å². The fourth-order valence-electron chi connectivity index (χ4n) is 2.56. The molecule has 1 heterocycles. The van der Waals surface area contributed by atoms with Crippen molar-refractivity contribution in [2.24, 2.45) is 0 Å². The number of carbonyl (C=O) groups is 1. The molecule has 0 unspecified atom stereocenters. The lowest BCUT2D eigenvalue weighted by molar-refractivity contribution is -0.120. The van der Waals surface area contributed by atoms with Crippen LogP contribution in [0, 0.1) is 0 Å². The summed E-state index contributed by atoms with van der Waals surface area (Å²) in [5.74, 6) is -1.50. The minimum Gasteiger partial charge on any atom is -0.375 e. The maximum absolute atomic E-state index is 12.4. The molecule has 1 atom stereocenters. The van der Waals surface area contributed by atoms with Crippen molar-refractivity contribution < 1.29 is 26.4 Å². The average Bonchev–Trinajstić information content (AvgIpc) is 2.76. The molecule has 0 aliphatic carbocycles. The van der Waals surface area contributed by atoms with Gasteiger partial charge in [-0.2, -0.15) is 13.2 Å². The third kappa shape index (κ3) is 6.43. The zero-order valence-electron chi connectivity index (χ0n) is 13.5. The van der Waals surface area contributed by atoms with E-state index < -0.39 is 33.2 Å². The molecule has 2 rings (SSSR count). The molecule has 0 aromatic heterocycles. The number of hydrogen-bond acceptors (Lipinski definition) is 5. The second-order valence-electron chi connectivity index (χ2n) is 6.20. The molecule has 1 aliphatic heterocycles. The van der Waals surface area contributed by atoms with Gasteiger partial charge >= 0.3 is 6.18 Å². The lowest BCUT2D eigenvalue weighted by Crippen LogP contribution is -2.48. The summed E-state index contributed by atoms with van der Waals surface area (Å²) in [5.41, 5.74) is -0.376. The van der Waals surface area contributed by atoms with Crippen molar-refractivity contribution in [2.75, 3.05) is 29.1 Å². The van der Waals surface area contributed by atoms with Crippen molar-refractivity contribution in [1.82, 2.24) is 5.32 Å².